The molecule has 20 heavy (non-hydrogen) atoms. The number of rotatable bonds is 7. The molecule has 1 fully saturated rings. The Morgan fingerprint density at radius 2 is 2.10 bits per heavy atom. The minimum atomic E-state index is 0.345. The van der Waals surface area contributed by atoms with Gasteiger partial charge in [0.2, 0.25) is 0 Å². The molecule has 0 aliphatic heterocycles. The lowest BCUT2D eigenvalue weighted by atomic mass is 9.74. The van der Waals surface area contributed by atoms with Gasteiger partial charge in [-0.2, -0.15) is 5.10 Å². The minimum absolute atomic E-state index is 0.345. The van der Waals surface area contributed by atoms with Crippen molar-refractivity contribution >= 4 is 0 Å². The summed E-state index contributed by atoms with van der Waals surface area (Å²) in [5.41, 5.74) is 1.57. The topological polar surface area (TPSA) is 39.1 Å². The zero-order valence-electron chi connectivity index (χ0n) is 13.4. The molecule has 1 heterocycles. The Morgan fingerprint density at radius 3 is 2.65 bits per heavy atom. The summed E-state index contributed by atoms with van der Waals surface area (Å²) < 4.78 is 7.54. The van der Waals surface area contributed by atoms with E-state index in [1.54, 1.807) is 7.11 Å². The van der Waals surface area contributed by atoms with E-state index < -0.39 is 0 Å². The van der Waals surface area contributed by atoms with Gasteiger partial charge < -0.3 is 10.1 Å². The Morgan fingerprint density at radius 1 is 1.40 bits per heavy atom. The van der Waals surface area contributed by atoms with Crippen LogP contribution in [-0.2, 0) is 7.05 Å². The minimum Gasteiger partial charge on any atom is -0.493 e. The third-order valence-electron chi connectivity index (χ3n) is 4.96. The fourth-order valence-electron chi connectivity index (χ4n) is 3.73. The summed E-state index contributed by atoms with van der Waals surface area (Å²) in [6.45, 7) is 5.59. The van der Waals surface area contributed by atoms with Gasteiger partial charge in [-0.05, 0) is 37.6 Å². The second-order valence-electron chi connectivity index (χ2n) is 6.03. The van der Waals surface area contributed by atoms with Gasteiger partial charge in [0.15, 0.2) is 5.75 Å². The lowest BCUT2D eigenvalue weighted by Crippen LogP contribution is -2.38. The van der Waals surface area contributed by atoms with Crippen molar-refractivity contribution < 1.29 is 4.74 Å². The van der Waals surface area contributed by atoms with Gasteiger partial charge in [-0.25, -0.2) is 0 Å². The average Bonchev–Trinajstić information content (AvgIpc) is 3.08. The first-order valence-electron chi connectivity index (χ1n) is 7.97. The predicted molar refractivity (Wildman–Crippen MR) is 82.0 cm³/mol. The van der Waals surface area contributed by atoms with E-state index in [9.17, 15) is 0 Å². The van der Waals surface area contributed by atoms with Crippen LogP contribution in [0.4, 0.5) is 0 Å². The van der Waals surface area contributed by atoms with Crippen molar-refractivity contribution in [2.45, 2.75) is 58.4 Å². The van der Waals surface area contributed by atoms with Crippen LogP contribution in [0, 0.1) is 5.41 Å². The van der Waals surface area contributed by atoms with Crippen molar-refractivity contribution in [3.05, 3.63) is 11.9 Å². The summed E-state index contributed by atoms with van der Waals surface area (Å²) >= 11 is 0. The van der Waals surface area contributed by atoms with Gasteiger partial charge in [-0.3, -0.25) is 4.68 Å². The number of methoxy groups -OCH3 is 1. The SMILES string of the molecule is CCCNC(c1c(OC)cnn1C)C1(CC)CCCC1. The molecule has 1 unspecified atom stereocenters. The van der Waals surface area contributed by atoms with E-state index in [4.69, 9.17) is 4.74 Å². The summed E-state index contributed by atoms with van der Waals surface area (Å²) in [5.74, 6) is 0.917. The van der Waals surface area contributed by atoms with Crippen molar-refractivity contribution in [3.63, 3.8) is 0 Å². The van der Waals surface area contributed by atoms with Gasteiger partial charge in [0.1, 0.15) is 0 Å². The zero-order valence-corrected chi connectivity index (χ0v) is 13.4. The van der Waals surface area contributed by atoms with Gasteiger partial charge in [-0.15, -0.1) is 0 Å². The molecule has 4 nitrogen and oxygen atoms in total. The molecular formula is C16H29N3O. The maximum atomic E-state index is 5.55. The molecule has 1 aromatic heterocycles. The second-order valence-corrected chi connectivity index (χ2v) is 6.03. The predicted octanol–water partition coefficient (Wildman–Crippen LogP) is 3.44. The van der Waals surface area contributed by atoms with Crippen LogP contribution in [0.5, 0.6) is 5.75 Å². The van der Waals surface area contributed by atoms with Gasteiger partial charge in [0, 0.05) is 7.05 Å². The molecule has 1 atom stereocenters. The molecule has 4 heteroatoms. The molecule has 0 amide bonds. The highest BCUT2D eigenvalue weighted by molar-refractivity contribution is 5.30. The van der Waals surface area contributed by atoms with Crippen molar-refractivity contribution in [2.24, 2.45) is 12.5 Å². The van der Waals surface area contributed by atoms with Crippen LogP contribution in [0.1, 0.15) is 64.1 Å². The zero-order chi connectivity index (χ0) is 14.6. The molecule has 1 aliphatic rings. The molecule has 0 radical (unpaired) electrons. The summed E-state index contributed by atoms with van der Waals surface area (Å²) in [6, 6.07) is 0.345. The quantitative estimate of drug-likeness (QED) is 0.831. The first-order chi connectivity index (χ1) is 9.68. The van der Waals surface area contributed by atoms with Crippen LogP contribution < -0.4 is 10.1 Å². The fraction of sp³-hybridized carbons (Fsp3) is 0.812. The molecule has 2 rings (SSSR count). The number of nitrogens with zero attached hydrogens (tertiary/aromatic N) is 2. The molecule has 1 aromatic rings. The molecule has 0 aromatic carbocycles. The molecule has 1 N–H and O–H groups in total. The largest absolute Gasteiger partial charge is 0.493 e. The highest BCUT2D eigenvalue weighted by atomic mass is 16.5. The monoisotopic (exact) mass is 279 g/mol. The molecule has 1 saturated carbocycles. The number of aryl methyl sites for hydroxylation is 1. The van der Waals surface area contributed by atoms with Gasteiger partial charge >= 0.3 is 0 Å². The van der Waals surface area contributed by atoms with E-state index in [1.165, 1.54) is 37.8 Å². The number of ether oxygens (including phenoxy) is 1. The van der Waals surface area contributed by atoms with E-state index in [2.05, 4.69) is 24.3 Å². The van der Waals surface area contributed by atoms with Crippen LogP contribution in [0.25, 0.3) is 0 Å². The van der Waals surface area contributed by atoms with E-state index in [-0.39, 0.29) is 0 Å². The maximum Gasteiger partial charge on any atom is 0.161 e. The van der Waals surface area contributed by atoms with Crippen LogP contribution in [-0.4, -0.2) is 23.4 Å². The first-order valence-corrected chi connectivity index (χ1v) is 7.97. The third kappa shape index (κ3) is 2.71. The Labute approximate surface area is 122 Å². The second kappa shape index (κ2) is 6.61. The number of aromatic nitrogens is 2. The highest BCUT2D eigenvalue weighted by Gasteiger charge is 2.42. The Balaban J connectivity index is 2.38. The van der Waals surface area contributed by atoms with Gasteiger partial charge in [0.25, 0.3) is 0 Å². The van der Waals surface area contributed by atoms with Gasteiger partial charge in [0.05, 0.1) is 25.0 Å². The van der Waals surface area contributed by atoms with E-state index >= 15 is 0 Å². The standard InChI is InChI=1S/C16H29N3O/c1-5-11-17-15(16(6-2)9-7-8-10-16)14-13(20-4)12-18-19(14)3/h12,15,17H,5-11H2,1-4H3. The smallest absolute Gasteiger partial charge is 0.161 e. The third-order valence-corrected chi connectivity index (χ3v) is 4.96. The van der Waals surface area contributed by atoms with E-state index in [0.29, 0.717) is 11.5 Å². The van der Waals surface area contributed by atoms with Crippen LogP contribution >= 0.6 is 0 Å². The molecule has 114 valence electrons. The van der Waals surface area contributed by atoms with Crippen molar-refractivity contribution in [3.8, 4) is 5.75 Å². The molecular weight excluding hydrogens is 250 g/mol. The summed E-state index contributed by atoms with van der Waals surface area (Å²) in [5, 5.41) is 8.19. The molecule has 1 aliphatic carbocycles. The van der Waals surface area contributed by atoms with Crippen molar-refractivity contribution in [1.82, 2.24) is 15.1 Å². The lowest BCUT2D eigenvalue weighted by Gasteiger charge is -2.38. The summed E-state index contributed by atoms with van der Waals surface area (Å²) in [7, 11) is 3.77. The van der Waals surface area contributed by atoms with Gasteiger partial charge in [-0.1, -0.05) is 26.7 Å². The number of hydrogen-bond donors (Lipinski definition) is 1. The molecule has 0 saturated heterocycles. The number of hydrogen-bond acceptors (Lipinski definition) is 3. The normalized spacial score (nSPS) is 19.2. The molecule has 0 bridgehead atoms. The van der Waals surface area contributed by atoms with Crippen LogP contribution in [0.15, 0.2) is 6.20 Å². The van der Waals surface area contributed by atoms with E-state index in [0.717, 1.165) is 18.7 Å². The summed E-state index contributed by atoms with van der Waals surface area (Å²) in [4.78, 5) is 0. The van der Waals surface area contributed by atoms with Crippen LogP contribution in [0.3, 0.4) is 0 Å². The van der Waals surface area contributed by atoms with Crippen LogP contribution in [0.2, 0.25) is 0 Å². The first kappa shape index (κ1) is 15.4. The maximum absolute atomic E-state index is 5.55. The van der Waals surface area contributed by atoms with Crippen molar-refractivity contribution in [1.29, 1.82) is 0 Å². The van der Waals surface area contributed by atoms with E-state index in [1.807, 2.05) is 17.9 Å². The molecule has 0 spiro atoms. The lowest BCUT2D eigenvalue weighted by molar-refractivity contribution is 0.176. The Kier molecular flexibility index (Phi) is 5.08. The van der Waals surface area contributed by atoms with Crippen molar-refractivity contribution in [2.75, 3.05) is 13.7 Å². The number of nitrogens with one attached hydrogen (secondary N) is 1. The highest BCUT2D eigenvalue weighted by Crippen LogP contribution is 2.51. The average molecular weight is 279 g/mol. The summed E-state index contributed by atoms with van der Waals surface area (Å²) in [6.07, 6.45) is 9.50. The Hall–Kier alpha value is -1.03. The fourth-order valence-corrected chi connectivity index (χ4v) is 3.73. The Bertz CT molecular complexity index is 421.